The van der Waals surface area contributed by atoms with Crippen molar-refractivity contribution in [1.82, 2.24) is 19.6 Å². The lowest BCUT2D eigenvalue weighted by Gasteiger charge is -2.36. The highest BCUT2D eigenvalue weighted by Gasteiger charge is 2.27. The Balaban J connectivity index is 1.56. The predicted molar refractivity (Wildman–Crippen MR) is 94.7 cm³/mol. The summed E-state index contributed by atoms with van der Waals surface area (Å²) in [6.45, 7) is 3.90. The SMILES string of the molecule is Cc1cc(C(=O)N(C)C2CCN(Cc3ccc(F)cc3F)CC2)nn1C. The second-order valence-electron chi connectivity index (χ2n) is 6.95. The van der Waals surface area contributed by atoms with Gasteiger partial charge in [-0.2, -0.15) is 5.10 Å². The molecule has 1 fully saturated rings. The van der Waals surface area contributed by atoms with E-state index in [1.807, 2.05) is 21.0 Å². The van der Waals surface area contributed by atoms with Crippen molar-refractivity contribution in [1.29, 1.82) is 0 Å². The van der Waals surface area contributed by atoms with Gasteiger partial charge in [0, 0.05) is 57.1 Å². The van der Waals surface area contributed by atoms with Crippen LogP contribution in [0.25, 0.3) is 0 Å². The van der Waals surface area contributed by atoms with Crippen LogP contribution in [0.1, 0.15) is 34.6 Å². The zero-order valence-corrected chi connectivity index (χ0v) is 15.4. The first-order chi connectivity index (χ1) is 12.3. The monoisotopic (exact) mass is 362 g/mol. The van der Waals surface area contributed by atoms with Crippen molar-refractivity contribution in [3.05, 3.63) is 52.9 Å². The molecule has 0 N–H and O–H groups in total. The third kappa shape index (κ3) is 3.93. The summed E-state index contributed by atoms with van der Waals surface area (Å²) < 4.78 is 28.5. The average Bonchev–Trinajstić information content (AvgIpc) is 2.96. The summed E-state index contributed by atoms with van der Waals surface area (Å²) >= 11 is 0. The standard InChI is InChI=1S/C19H24F2N4O/c1-13-10-18(22-24(13)3)19(26)23(2)16-6-8-25(9-7-16)12-14-4-5-15(20)11-17(14)21/h4-5,10-11,16H,6-9,12H2,1-3H3. The predicted octanol–water partition coefficient (Wildman–Crippen LogP) is 2.74. The van der Waals surface area contributed by atoms with E-state index in [0.29, 0.717) is 17.8 Å². The van der Waals surface area contributed by atoms with Crippen molar-refractivity contribution < 1.29 is 13.6 Å². The van der Waals surface area contributed by atoms with E-state index in [0.717, 1.165) is 37.7 Å². The smallest absolute Gasteiger partial charge is 0.274 e. The van der Waals surface area contributed by atoms with Gasteiger partial charge in [-0.15, -0.1) is 0 Å². The number of aromatic nitrogens is 2. The lowest BCUT2D eigenvalue weighted by atomic mass is 10.0. The number of likely N-dealkylation sites (tertiary alicyclic amines) is 1. The number of hydrogen-bond donors (Lipinski definition) is 0. The van der Waals surface area contributed by atoms with E-state index in [2.05, 4.69) is 10.00 Å². The van der Waals surface area contributed by atoms with Crippen molar-refractivity contribution >= 4 is 5.91 Å². The van der Waals surface area contributed by atoms with E-state index in [1.165, 1.54) is 12.1 Å². The Morgan fingerprint density at radius 3 is 2.54 bits per heavy atom. The Labute approximate surface area is 152 Å². The molecule has 1 aliphatic rings. The van der Waals surface area contributed by atoms with Crippen molar-refractivity contribution in [2.45, 2.75) is 32.4 Å². The number of rotatable bonds is 4. The van der Waals surface area contributed by atoms with Gasteiger partial charge >= 0.3 is 0 Å². The second-order valence-corrected chi connectivity index (χ2v) is 6.95. The van der Waals surface area contributed by atoms with Crippen molar-refractivity contribution in [3.8, 4) is 0 Å². The number of hydrogen-bond acceptors (Lipinski definition) is 3. The Kier molecular flexibility index (Phi) is 5.36. The minimum absolute atomic E-state index is 0.0725. The molecule has 0 aliphatic carbocycles. The molecule has 0 radical (unpaired) electrons. The molecular formula is C19H24F2N4O. The Hall–Kier alpha value is -2.28. The highest BCUT2D eigenvalue weighted by atomic mass is 19.1. The summed E-state index contributed by atoms with van der Waals surface area (Å²) in [5, 5.41) is 4.26. The fourth-order valence-corrected chi connectivity index (χ4v) is 3.37. The highest BCUT2D eigenvalue weighted by Crippen LogP contribution is 2.20. The summed E-state index contributed by atoms with van der Waals surface area (Å²) in [5.41, 5.74) is 1.90. The van der Waals surface area contributed by atoms with Gasteiger partial charge in [-0.3, -0.25) is 14.4 Å². The normalized spacial score (nSPS) is 16.0. The fraction of sp³-hybridized carbons (Fsp3) is 0.474. The van der Waals surface area contributed by atoms with Gasteiger partial charge in [0.1, 0.15) is 11.6 Å². The van der Waals surface area contributed by atoms with Gasteiger partial charge < -0.3 is 4.90 Å². The van der Waals surface area contributed by atoms with E-state index in [4.69, 9.17) is 0 Å². The molecule has 2 heterocycles. The first-order valence-corrected chi connectivity index (χ1v) is 8.79. The lowest BCUT2D eigenvalue weighted by molar-refractivity contribution is 0.0629. The Morgan fingerprint density at radius 1 is 1.27 bits per heavy atom. The van der Waals surface area contributed by atoms with Gasteiger partial charge in [0.05, 0.1) is 0 Å². The molecular weight excluding hydrogens is 338 g/mol. The number of aryl methyl sites for hydroxylation is 2. The number of halogens is 2. The Morgan fingerprint density at radius 2 is 1.96 bits per heavy atom. The van der Waals surface area contributed by atoms with Crippen molar-refractivity contribution in [2.24, 2.45) is 7.05 Å². The van der Waals surface area contributed by atoms with Crippen molar-refractivity contribution in [2.75, 3.05) is 20.1 Å². The molecule has 0 atom stereocenters. The first kappa shape index (κ1) is 18.5. The number of carbonyl (C=O) groups excluding carboxylic acids is 1. The molecule has 2 aromatic rings. The minimum Gasteiger partial charge on any atom is -0.337 e. The van der Waals surface area contributed by atoms with Crippen LogP contribution >= 0.6 is 0 Å². The zero-order valence-electron chi connectivity index (χ0n) is 15.4. The van der Waals surface area contributed by atoms with Crippen LogP contribution in [0, 0.1) is 18.6 Å². The van der Waals surface area contributed by atoms with Crippen LogP contribution in [0.4, 0.5) is 8.78 Å². The third-order valence-electron chi connectivity index (χ3n) is 5.17. The topological polar surface area (TPSA) is 41.4 Å². The van der Waals surface area contributed by atoms with E-state index >= 15 is 0 Å². The third-order valence-corrected chi connectivity index (χ3v) is 5.17. The summed E-state index contributed by atoms with van der Waals surface area (Å²) in [7, 11) is 3.63. The summed E-state index contributed by atoms with van der Waals surface area (Å²) in [6.07, 6.45) is 1.63. The zero-order chi connectivity index (χ0) is 18.8. The average molecular weight is 362 g/mol. The molecule has 0 spiro atoms. The molecule has 0 bridgehead atoms. The maximum Gasteiger partial charge on any atom is 0.274 e. The summed E-state index contributed by atoms with van der Waals surface area (Å²) in [5.74, 6) is -1.14. The van der Waals surface area contributed by atoms with Crippen molar-refractivity contribution in [3.63, 3.8) is 0 Å². The van der Waals surface area contributed by atoms with Gasteiger partial charge in [-0.1, -0.05) is 6.07 Å². The summed E-state index contributed by atoms with van der Waals surface area (Å²) in [6, 6.07) is 5.64. The second kappa shape index (κ2) is 7.53. The van der Waals surface area contributed by atoms with Gasteiger partial charge in [0.2, 0.25) is 0 Å². The maximum atomic E-state index is 13.8. The molecule has 1 aromatic carbocycles. The number of piperidine rings is 1. The first-order valence-electron chi connectivity index (χ1n) is 8.79. The largest absolute Gasteiger partial charge is 0.337 e. The van der Waals surface area contributed by atoms with Crippen LogP contribution < -0.4 is 0 Å². The minimum atomic E-state index is -0.560. The molecule has 7 heteroatoms. The van der Waals surface area contributed by atoms with E-state index in [9.17, 15) is 13.6 Å². The van der Waals surface area contributed by atoms with Gasteiger partial charge in [0.25, 0.3) is 5.91 Å². The number of amides is 1. The van der Waals surface area contributed by atoms with E-state index in [-0.39, 0.29) is 11.9 Å². The molecule has 26 heavy (non-hydrogen) atoms. The Bertz CT molecular complexity index is 777. The van der Waals surface area contributed by atoms with Crippen LogP contribution in [-0.2, 0) is 13.6 Å². The molecule has 1 aliphatic heterocycles. The maximum absolute atomic E-state index is 13.8. The fourth-order valence-electron chi connectivity index (χ4n) is 3.37. The van der Waals surface area contributed by atoms with Gasteiger partial charge in [-0.05, 0) is 31.9 Å². The van der Waals surface area contributed by atoms with Gasteiger partial charge in [-0.25, -0.2) is 8.78 Å². The van der Waals surface area contributed by atoms with Crippen LogP contribution in [0.2, 0.25) is 0 Å². The molecule has 3 rings (SSSR count). The van der Waals surface area contributed by atoms with E-state index in [1.54, 1.807) is 15.6 Å². The number of nitrogens with zero attached hydrogens (tertiary/aromatic N) is 4. The lowest BCUT2D eigenvalue weighted by Crippen LogP contribution is -2.45. The molecule has 5 nitrogen and oxygen atoms in total. The molecule has 1 saturated heterocycles. The summed E-state index contributed by atoms with van der Waals surface area (Å²) in [4.78, 5) is 16.5. The van der Waals surface area contributed by atoms with Crippen LogP contribution in [0.5, 0.6) is 0 Å². The number of benzene rings is 1. The van der Waals surface area contributed by atoms with E-state index < -0.39 is 11.6 Å². The van der Waals surface area contributed by atoms with Crippen LogP contribution in [0.3, 0.4) is 0 Å². The van der Waals surface area contributed by atoms with Crippen LogP contribution in [-0.4, -0.2) is 51.7 Å². The van der Waals surface area contributed by atoms with Gasteiger partial charge in [0.15, 0.2) is 5.69 Å². The molecule has 1 aromatic heterocycles. The van der Waals surface area contributed by atoms with Crippen LogP contribution in [0.15, 0.2) is 24.3 Å². The molecule has 1 amide bonds. The molecule has 140 valence electrons. The molecule has 0 saturated carbocycles. The highest BCUT2D eigenvalue weighted by molar-refractivity contribution is 5.92. The molecule has 0 unspecified atom stereocenters. The quantitative estimate of drug-likeness (QED) is 0.840. The number of carbonyl (C=O) groups is 1.